The highest BCUT2D eigenvalue weighted by Crippen LogP contribution is 2.45. The van der Waals surface area contributed by atoms with Gasteiger partial charge in [-0.05, 0) is 122 Å². The van der Waals surface area contributed by atoms with Crippen molar-refractivity contribution in [2.45, 2.75) is 0 Å². The zero-order valence-electron chi connectivity index (χ0n) is 36.8. The molecule has 0 aliphatic carbocycles. The molecule has 0 saturated heterocycles. The molecule has 316 valence electrons. The number of aromatic nitrogens is 3. The summed E-state index contributed by atoms with van der Waals surface area (Å²) in [6.07, 6.45) is 0. The van der Waals surface area contributed by atoms with Gasteiger partial charge in [0.1, 0.15) is 0 Å². The van der Waals surface area contributed by atoms with Gasteiger partial charge in [-0.1, -0.05) is 170 Å². The summed E-state index contributed by atoms with van der Waals surface area (Å²) in [5, 5.41) is 11.1. The molecule has 14 aromatic rings. The Morgan fingerprint density at radius 2 is 0.926 bits per heavy atom. The van der Waals surface area contributed by atoms with Crippen molar-refractivity contribution >= 4 is 85.8 Å². The summed E-state index contributed by atoms with van der Waals surface area (Å²) >= 11 is 1.86. The molecule has 0 aliphatic heterocycles. The predicted octanol–water partition coefficient (Wildman–Crippen LogP) is 17.7. The van der Waals surface area contributed by atoms with Gasteiger partial charge in [-0.2, -0.15) is 0 Å². The summed E-state index contributed by atoms with van der Waals surface area (Å²) in [5.41, 5.74) is 14.5. The van der Waals surface area contributed by atoms with Crippen LogP contribution in [0.1, 0.15) is 0 Å². The van der Waals surface area contributed by atoms with Crippen molar-refractivity contribution in [2.24, 2.45) is 0 Å². The van der Waals surface area contributed by atoms with Gasteiger partial charge in [0.05, 0.1) is 22.2 Å². The van der Waals surface area contributed by atoms with E-state index >= 15 is 0 Å². The lowest BCUT2D eigenvalue weighted by Crippen LogP contribution is -1.97. The zero-order chi connectivity index (χ0) is 44.7. The minimum Gasteiger partial charge on any atom is -0.309 e. The van der Waals surface area contributed by atoms with Crippen LogP contribution in [0, 0.1) is 0 Å². The van der Waals surface area contributed by atoms with E-state index < -0.39 is 0 Å². The van der Waals surface area contributed by atoms with Gasteiger partial charge >= 0.3 is 0 Å². The van der Waals surface area contributed by atoms with Crippen LogP contribution in [0.3, 0.4) is 0 Å². The summed E-state index contributed by atoms with van der Waals surface area (Å²) in [4.78, 5) is 10.5. The standard InChI is InChI=1S/C64H39N3S/c1-2-13-40(14-3-1)45-16-12-17-46(37-45)41-25-27-43(28-26-41)63-53-22-8-10-23-56(53)65-64(66-63)44-29-33-48(34-30-44)67-57-35-31-42-15-4-5-18-49(42)61(57)62-52-21-7-6-19-50(52)54(39-58(62)67)47-32-36-60-55(38-47)51-20-9-11-24-59(51)68-60/h1-39H. The van der Waals surface area contributed by atoms with Gasteiger partial charge in [0.15, 0.2) is 5.82 Å². The third-order valence-electron chi connectivity index (χ3n) is 13.8. The average Bonchev–Trinajstić information content (AvgIpc) is 3.96. The third-order valence-corrected chi connectivity index (χ3v) is 15.0. The van der Waals surface area contributed by atoms with Gasteiger partial charge in [0.25, 0.3) is 0 Å². The quantitative estimate of drug-likeness (QED) is 0.167. The van der Waals surface area contributed by atoms with Crippen molar-refractivity contribution in [3.63, 3.8) is 0 Å². The topological polar surface area (TPSA) is 30.7 Å². The Balaban J connectivity index is 0.908. The van der Waals surface area contributed by atoms with Crippen LogP contribution in [0.2, 0.25) is 0 Å². The summed E-state index contributed by atoms with van der Waals surface area (Å²) in [5.74, 6) is 0.697. The van der Waals surface area contributed by atoms with Crippen LogP contribution in [0.4, 0.5) is 0 Å². The van der Waals surface area contributed by atoms with E-state index in [1.165, 1.54) is 91.3 Å². The number of hydrogen-bond donors (Lipinski definition) is 0. The lowest BCUT2D eigenvalue weighted by Gasteiger charge is -2.13. The fourth-order valence-corrected chi connectivity index (χ4v) is 11.7. The van der Waals surface area contributed by atoms with Gasteiger partial charge in [0, 0.05) is 53.1 Å². The molecule has 11 aromatic carbocycles. The Morgan fingerprint density at radius 1 is 0.324 bits per heavy atom. The van der Waals surface area contributed by atoms with Crippen molar-refractivity contribution in [1.82, 2.24) is 14.5 Å². The second kappa shape index (κ2) is 15.5. The molecular weight excluding hydrogens is 843 g/mol. The van der Waals surface area contributed by atoms with Crippen molar-refractivity contribution in [1.29, 1.82) is 0 Å². The lowest BCUT2D eigenvalue weighted by molar-refractivity contribution is 1.18. The van der Waals surface area contributed by atoms with Gasteiger partial charge in [-0.15, -0.1) is 11.3 Å². The zero-order valence-corrected chi connectivity index (χ0v) is 37.6. The number of para-hydroxylation sites is 1. The fourth-order valence-electron chi connectivity index (χ4n) is 10.6. The Morgan fingerprint density at radius 3 is 1.75 bits per heavy atom. The van der Waals surface area contributed by atoms with Crippen LogP contribution >= 0.6 is 11.3 Å². The highest BCUT2D eigenvalue weighted by Gasteiger charge is 2.21. The monoisotopic (exact) mass is 881 g/mol. The van der Waals surface area contributed by atoms with Crippen molar-refractivity contribution in [3.8, 4) is 61.7 Å². The van der Waals surface area contributed by atoms with Crippen LogP contribution in [0.15, 0.2) is 237 Å². The van der Waals surface area contributed by atoms with E-state index in [9.17, 15) is 0 Å². The van der Waals surface area contributed by atoms with Crippen LogP contribution in [-0.2, 0) is 0 Å². The molecule has 14 rings (SSSR count). The van der Waals surface area contributed by atoms with E-state index in [1.54, 1.807) is 0 Å². The van der Waals surface area contributed by atoms with Crippen molar-refractivity contribution in [3.05, 3.63) is 237 Å². The third kappa shape index (κ3) is 6.19. The smallest absolute Gasteiger partial charge is 0.160 e. The maximum absolute atomic E-state index is 5.32. The maximum atomic E-state index is 5.32. The summed E-state index contributed by atoms with van der Waals surface area (Å²) in [6.45, 7) is 0. The largest absolute Gasteiger partial charge is 0.309 e. The van der Waals surface area contributed by atoms with Crippen LogP contribution < -0.4 is 0 Å². The van der Waals surface area contributed by atoms with Crippen LogP contribution in [0.5, 0.6) is 0 Å². The minimum absolute atomic E-state index is 0.697. The molecule has 0 fully saturated rings. The number of fused-ring (bicyclic) bond motifs is 11. The molecule has 3 nitrogen and oxygen atoms in total. The van der Waals surface area contributed by atoms with Gasteiger partial charge < -0.3 is 4.57 Å². The molecule has 68 heavy (non-hydrogen) atoms. The molecular formula is C64H39N3S. The molecule has 0 radical (unpaired) electrons. The second-order valence-corrected chi connectivity index (χ2v) is 18.8. The number of hydrogen-bond acceptors (Lipinski definition) is 3. The summed E-state index contributed by atoms with van der Waals surface area (Å²) in [6, 6.07) is 85.8. The molecule has 0 spiro atoms. The first kappa shape index (κ1) is 38.6. The molecule has 0 aliphatic rings. The first-order valence-electron chi connectivity index (χ1n) is 23.1. The van der Waals surface area contributed by atoms with Crippen molar-refractivity contribution in [2.75, 3.05) is 0 Å². The Kier molecular flexibility index (Phi) is 8.76. The first-order valence-corrected chi connectivity index (χ1v) is 24.0. The molecule has 0 amide bonds. The lowest BCUT2D eigenvalue weighted by atomic mass is 9.93. The molecule has 0 unspecified atom stereocenters. The number of thiophene rings is 1. The van der Waals surface area contributed by atoms with Gasteiger partial charge in [-0.25, -0.2) is 9.97 Å². The van der Waals surface area contributed by atoms with E-state index in [0.717, 1.165) is 39.0 Å². The average molecular weight is 882 g/mol. The van der Waals surface area contributed by atoms with E-state index in [2.05, 4.69) is 241 Å². The number of rotatable bonds is 6. The Labute approximate surface area is 396 Å². The SMILES string of the molecule is c1ccc(-c2cccc(-c3ccc(-c4nc(-c5ccc(-n6c7ccc8ccccc8c7c7c8ccccc8c(-c8ccc9sc%10ccccc%10c9c8)cc76)cc5)nc5ccccc45)cc3)c2)cc1. The van der Waals surface area contributed by atoms with Crippen LogP contribution in [0.25, 0.3) is 136 Å². The van der Waals surface area contributed by atoms with E-state index in [1.807, 2.05) is 11.3 Å². The maximum Gasteiger partial charge on any atom is 0.160 e. The predicted molar refractivity (Wildman–Crippen MR) is 289 cm³/mol. The summed E-state index contributed by atoms with van der Waals surface area (Å²) < 4.78 is 5.08. The molecule has 0 saturated carbocycles. The van der Waals surface area contributed by atoms with Gasteiger partial charge in [0.2, 0.25) is 0 Å². The highest BCUT2D eigenvalue weighted by atomic mass is 32.1. The van der Waals surface area contributed by atoms with E-state index in [-0.39, 0.29) is 0 Å². The van der Waals surface area contributed by atoms with Gasteiger partial charge in [-0.3, -0.25) is 0 Å². The molecule has 3 aromatic heterocycles. The molecule has 3 heterocycles. The normalized spacial score (nSPS) is 11.8. The van der Waals surface area contributed by atoms with Crippen LogP contribution in [-0.4, -0.2) is 14.5 Å². The van der Waals surface area contributed by atoms with E-state index in [4.69, 9.17) is 9.97 Å². The first-order chi connectivity index (χ1) is 33.7. The number of benzene rings is 11. The fraction of sp³-hybridized carbons (Fsp3) is 0. The highest BCUT2D eigenvalue weighted by molar-refractivity contribution is 7.25. The Bertz CT molecular complexity index is 4300. The number of nitrogens with zero attached hydrogens (tertiary/aromatic N) is 3. The molecule has 0 atom stereocenters. The van der Waals surface area contributed by atoms with E-state index in [0.29, 0.717) is 5.82 Å². The van der Waals surface area contributed by atoms with Crippen molar-refractivity contribution < 1.29 is 0 Å². The molecule has 0 N–H and O–H groups in total. The molecule has 4 heteroatoms. The molecule has 0 bridgehead atoms. The summed E-state index contributed by atoms with van der Waals surface area (Å²) in [7, 11) is 0. The second-order valence-electron chi connectivity index (χ2n) is 17.7. The minimum atomic E-state index is 0.697. The Hall–Kier alpha value is -8.70.